The van der Waals surface area contributed by atoms with E-state index < -0.39 is 0 Å². The van der Waals surface area contributed by atoms with E-state index in [0.717, 1.165) is 26.8 Å². The Morgan fingerprint density at radius 2 is 1.83 bits per heavy atom. The fourth-order valence-electron chi connectivity index (χ4n) is 2.35. The number of halogens is 1. The first-order valence-corrected chi connectivity index (χ1v) is 7.85. The fourth-order valence-corrected chi connectivity index (χ4v) is 2.70. The molecule has 0 aliphatic rings. The van der Waals surface area contributed by atoms with Crippen molar-refractivity contribution in [2.24, 2.45) is 0 Å². The van der Waals surface area contributed by atoms with Crippen molar-refractivity contribution in [3.63, 3.8) is 0 Å². The van der Waals surface area contributed by atoms with Crippen molar-refractivity contribution in [3.05, 3.63) is 52.8 Å². The zero-order chi connectivity index (χ0) is 16.2. The van der Waals surface area contributed by atoms with E-state index in [1.165, 1.54) is 0 Å². The summed E-state index contributed by atoms with van der Waals surface area (Å²) >= 11 is 3.46. The largest absolute Gasteiger partial charge is 0.493 e. The van der Waals surface area contributed by atoms with Gasteiger partial charge in [-0.25, -0.2) is 9.97 Å². The maximum absolute atomic E-state index is 5.33. The number of ether oxygens (including phenoxy) is 2. The lowest BCUT2D eigenvalue weighted by atomic mass is 10.2. The molecule has 0 amide bonds. The van der Waals surface area contributed by atoms with Crippen LogP contribution in [0.2, 0.25) is 0 Å². The highest BCUT2D eigenvalue weighted by Crippen LogP contribution is 2.28. The Kier molecular flexibility index (Phi) is 4.62. The minimum Gasteiger partial charge on any atom is -0.493 e. The van der Waals surface area contributed by atoms with Gasteiger partial charge in [0.05, 0.1) is 19.7 Å². The van der Waals surface area contributed by atoms with Crippen molar-refractivity contribution in [1.82, 2.24) is 9.97 Å². The average molecular weight is 374 g/mol. The zero-order valence-corrected chi connectivity index (χ0v) is 14.4. The molecule has 0 aliphatic heterocycles. The van der Waals surface area contributed by atoms with E-state index in [1.54, 1.807) is 20.5 Å². The number of nitrogens with one attached hydrogen (secondary N) is 1. The number of anilines is 1. The molecular weight excluding hydrogens is 358 g/mol. The summed E-state index contributed by atoms with van der Waals surface area (Å²) in [4.78, 5) is 8.62. The van der Waals surface area contributed by atoms with Gasteiger partial charge in [-0.1, -0.05) is 22.0 Å². The third-order valence-electron chi connectivity index (χ3n) is 3.51. The minimum absolute atomic E-state index is 0.628. The van der Waals surface area contributed by atoms with Crippen molar-refractivity contribution in [3.8, 4) is 11.5 Å². The van der Waals surface area contributed by atoms with Gasteiger partial charge in [-0.05, 0) is 35.9 Å². The molecule has 0 bridgehead atoms. The van der Waals surface area contributed by atoms with Crippen LogP contribution in [0.3, 0.4) is 0 Å². The van der Waals surface area contributed by atoms with E-state index in [-0.39, 0.29) is 0 Å². The summed E-state index contributed by atoms with van der Waals surface area (Å²) in [6.07, 6.45) is 1.56. The molecule has 2 aromatic carbocycles. The summed E-state index contributed by atoms with van der Waals surface area (Å²) in [6, 6.07) is 11.8. The van der Waals surface area contributed by atoms with Crippen molar-refractivity contribution >= 4 is 32.7 Å². The maximum Gasteiger partial charge on any atom is 0.161 e. The molecule has 6 heteroatoms. The molecule has 0 atom stereocenters. The summed E-state index contributed by atoms with van der Waals surface area (Å²) < 4.78 is 11.6. The molecule has 0 saturated carbocycles. The van der Waals surface area contributed by atoms with Crippen LogP contribution in [0, 0.1) is 0 Å². The first-order chi connectivity index (χ1) is 11.2. The third kappa shape index (κ3) is 3.37. The molecule has 0 spiro atoms. The normalized spacial score (nSPS) is 10.6. The van der Waals surface area contributed by atoms with E-state index in [9.17, 15) is 0 Å². The molecule has 1 aromatic heterocycles. The number of aromatic nitrogens is 2. The quantitative estimate of drug-likeness (QED) is 0.731. The van der Waals surface area contributed by atoms with Gasteiger partial charge in [-0.2, -0.15) is 0 Å². The molecule has 0 unspecified atom stereocenters. The number of hydrogen-bond donors (Lipinski definition) is 1. The second kappa shape index (κ2) is 6.83. The second-order valence-corrected chi connectivity index (χ2v) is 5.84. The maximum atomic E-state index is 5.33. The van der Waals surface area contributed by atoms with Gasteiger partial charge in [-0.3, -0.25) is 0 Å². The van der Waals surface area contributed by atoms with Gasteiger partial charge in [0.15, 0.2) is 11.5 Å². The summed E-state index contributed by atoms with van der Waals surface area (Å²) in [6.45, 7) is 0.628. The second-order valence-electron chi connectivity index (χ2n) is 4.93. The van der Waals surface area contributed by atoms with Crippen LogP contribution in [-0.2, 0) is 6.54 Å². The predicted molar refractivity (Wildman–Crippen MR) is 94.1 cm³/mol. The molecular formula is C17H16BrN3O2. The van der Waals surface area contributed by atoms with E-state index in [2.05, 4.69) is 31.2 Å². The van der Waals surface area contributed by atoms with Crippen LogP contribution in [-0.4, -0.2) is 24.2 Å². The number of rotatable bonds is 5. The van der Waals surface area contributed by atoms with Gasteiger partial charge >= 0.3 is 0 Å². The molecule has 3 rings (SSSR count). The number of fused-ring (bicyclic) bond motifs is 1. The number of nitrogens with zero attached hydrogens (tertiary/aromatic N) is 2. The van der Waals surface area contributed by atoms with Crippen LogP contribution in [0.15, 0.2) is 47.2 Å². The Morgan fingerprint density at radius 1 is 1.00 bits per heavy atom. The lowest BCUT2D eigenvalue weighted by molar-refractivity contribution is 0.354. The van der Waals surface area contributed by atoms with E-state index in [1.807, 2.05) is 36.4 Å². The molecule has 118 valence electrons. The van der Waals surface area contributed by atoms with Crippen molar-refractivity contribution in [1.29, 1.82) is 0 Å². The summed E-state index contributed by atoms with van der Waals surface area (Å²) in [5, 5.41) is 4.33. The smallest absolute Gasteiger partial charge is 0.161 e. The Labute approximate surface area is 142 Å². The Balaban J connectivity index is 1.83. The van der Waals surface area contributed by atoms with Crippen LogP contribution in [0.4, 0.5) is 5.82 Å². The summed E-state index contributed by atoms with van der Waals surface area (Å²) in [7, 11) is 3.26. The van der Waals surface area contributed by atoms with Crippen molar-refractivity contribution < 1.29 is 9.47 Å². The molecule has 0 aliphatic carbocycles. The van der Waals surface area contributed by atoms with Crippen LogP contribution in [0.1, 0.15) is 5.56 Å². The van der Waals surface area contributed by atoms with Crippen LogP contribution in [0.5, 0.6) is 11.5 Å². The molecule has 0 fully saturated rings. The van der Waals surface area contributed by atoms with E-state index in [0.29, 0.717) is 18.0 Å². The molecule has 3 aromatic rings. The average Bonchev–Trinajstić information content (AvgIpc) is 2.59. The molecule has 1 heterocycles. The summed E-state index contributed by atoms with van der Waals surface area (Å²) in [5.74, 6) is 2.23. The highest BCUT2D eigenvalue weighted by molar-refractivity contribution is 9.10. The molecule has 23 heavy (non-hydrogen) atoms. The predicted octanol–water partition coefficient (Wildman–Crippen LogP) is 4.02. The Morgan fingerprint density at radius 3 is 2.61 bits per heavy atom. The lowest BCUT2D eigenvalue weighted by Gasteiger charge is -2.11. The number of benzene rings is 2. The van der Waals surface area contributed by atoms with Gasteiger partial charge in [0.1, 0.15) is 12.1 Å². The number of hydrogen-bond acceptors (Lipinski definition) is 5. The molecule has 0 saturated heterocycles. The SMILES string of the molecule is COc1ccc(CNc2ncnc3cc(Br)ccc23)cc1OC. The molecule has 1 N–H and O–H groups in total. The van der Waals surface area contributed by atoms with Crippen LogP contribution < -0.4 is 14.8 Å². The van der Waals surface area contributed by atoms with Gasteiger partial charge in [0.25, 0.3) is 0 Å². The van der Waals surface area contributed by atoms with Gasteiger partial charge in [0.2, 0.25) is 0 Å². The van der Waals surface area contributed by atoms with Gasteiger partial charge in [0, 0.05) is 16.4 Å². The van der Waals surface area contributed by atoms with Crippen molar-refractivity contribution in [2.75, 3.05) is 19.5 Å². The molecule has 0 radical (unpaired) electrons. The highest BCUT2D eigenvalue weighted by Gasteiger charge is 2.07. The fraction of sp³-hybridized carbons (Fsp3) is 0.176. The monoisotopic (exact) mass is 373 g/mol. The van der Waals surface area contributed by atoms with Gasteiger partial charge < -0.3 is 14.8 Å². The van der Waals surface area contributed by atoms with Crippen molar-refractivity contribution in [2.45, 2.75) is 6.54 Å². The van der Waals surface area contributed by atoms with E-state index >= 15 is 0 Å². The Hall–Kier alpha value is -2.34. The van der Waals surface area contributed by atoms with E-state index in [4.69, 9.17) is 9.47 Å². The highest BCUT2D eigenvalue weighted by atomic mass is 79.9. The van der Waals surface area contributed by atoms with Crippen LogP contribution in [0.25, 0.3) is 10.9 Å². The first-order valence-electron chi connectivity index (χ1n) is 7.06. The summed E-state index contributed by atoms with van der Waals surface area (Å²) in [5.41, 5.74) is 1.97. The van der Waals surface area contributed by atoms with Gasteiger partial charge in [-0.15, -0.1) is 0 Å². The Bertz CT molecular complexity index is 839. The van der Waals surface area contributed by atoms with Crippen LogP contribution >= 0.6 is 15.9 Å². The number of methoxy groups -OCH3 is 2. The standard InChI is InChI=1S/C17H16BrN3O2/c1-22-15-6-3-11(7-16(15)23-2)9-19-17-13-5-4-12(18)8-14(13)20-10-21-17/h3-8,10H,9H2,1-2H3,(H,19,20,21). The topological polar surface area (TPSA) is 56.3 Å². The molecule has 5 nitrogen and oxygen atoms in total. The first kappa shape index (κ1) is 15.6. The minimum atomic E-state index is 0.628. The zero-order valence-electron chi connectivity index (χ0n) is 12.8. The lowest BCUT2D eigenvalue weighted by Crippen LogP contribution is -2.03. The third-order valence-corrected chi connectivity index (χ3v) is 4.00.